The van der Waals surface area contributed by atoms with E-state index < -0.39 is 10.8 Å². The van der Waals surface area contributed by atoms with Crippen LogP contribution in [-0.4, -0.2) is 17.0 Å². The molecule has 11 heteroatoms. The molecule has 0 radical (unpaired) electrons. The molecule has 172 valence electrons. The van der Waals surface area contributed by atoms with Gasteiger partial charge >= 0.3 is 0 Å². The number of ether oxygens (including phenoxy) is 1. The third-order valence-electron chi connectivity index (χ3n) is 4.63. The molecular weight excluding hydrogens is 657 g/mol. The number of nitro benzene ring substituents is 1. The molecule has 1 heterocycles. The molecule has 0 unspecified atom stereocenters. The Balaban J connectivity index is 1.41. The van der Waals surface area contributed by atoms with Gasteiger partial charge in [0.2, 0.25) is 0 Å². The maximum Gasteiger partial charge on any atom is 0.281 e. The summed E-state index contributed by atoms with van der Waals surface area (Å²) in [6, 6.07) is 17.5. The summed E-state index contributed by atoms with van der Waals surface area (Å²) in [5.74, 6) is 0.100. The molecule has 4 aromatic rings. The highest BCUT2D eigenvalue weighted by atomic mass is 127. The van der Waals surface area contributed by atoms with Crippen LogP contribution in [-0.2, 0) is 6.61 Å². The normalized spacial score (nSPS) is 11.1. The summed E-state index contributed by atoms with van der Waals surface area (Å²) in [7, 11) is 0. The summed E-state index contributed by atoms with van der Waals surface area (Å²) in [6.07, 6.45) is 1.47. The first-order chi connectivity index (χ1) is 16.3. The van der Waals surface area contributed by atoms with E-state index in [-0.39, 0.29) is 5.69 Å². The molecule has 4 rings (SSSR count). The molecule has 0 saturated heterocycles. The number of hydrazone groups is 1. The molecule has 7 nitrogen and oxygen atoms in total. The summed E-state index contributed by atoms with van der Waals surface area (Å²) in [6.45, 7) is 0.372. The Labute approximate surface area is 225 Å². The topological polar surface area (TPSA) is 93.8 Å². The number of halogens is 3. The van der Waals surface area contributed by atoms with Crippen molar-refractivity contribution in [2.45, 2.75) is 6.61 Å². The number of nitrogens with one attached hydrogen (secondary N) is 1. The second-order valence-electron chi connectivity index (χ2n) is 7.02. The monoisotopic (exact) mass is 669 g/mol. The standard InChI is InChI=1S/C23H14BrClIN3O4S/c24-18-7-14(8-19(25)22(18)33-12-13-1-3-16(26)4-2-13)11-27-28-23(30)21-10-15-9-17(29(31)32)5-6-20(15)34-21/h1-11H,12H2,(H,28,30)/b27-11-. The lowest BCUT2D eigenvalue weighted by molar-refractivity contribution is -0.384. The van der Waals surface area contributed by atoms with Crippen LogP contribution in [0.25, 0.3) is 10.1 Å². The largest absolute Gasteiger partial charge is 0.486 e. The maximum absolute atomic E-state index is 12.4. The van der Waals surface area contributed by atoms with E-state index >= 15 is 0 Å². The van der Waals surface area contributed by atoms with Gasteiger partial charge in [0.05, 0.1) is 25.5 Å². The van der Waals surface area contributed by atoms with Gasteiger partial charge in [-0.25, -0.2) is 5.43 Å². The molecule has 0 fully saturated rings. The average molecular weight is 671 g/mol. The van der Waals surface area contributed by atoms with E-state index in [0.29, 0.717) is 37.7 Å². The van der Waals surface area contributed by atoms with Crippen molar-refractivity contribution in [3.63, 3.8) is 0 Å². The minimum atomic E-state index is -0.469. The number of amides is 1. The molecule has 0 spiro atoms. The first-order valence-electron chi connectivity index (χ1n) is 9.68. The van der Waals surface area contributed by atoms with Crippen molar-refractivity contribution in [1.29, 1.82) is 0 Å². The molecule has 0 aliphatic rings. The van der Waals surface area contributed by atoms with Crippen molar-refractivity contribution in [2.75, 3.05) is 0 Å². The highest BCUT2D eigenvalue weighted by Crippen LogP contribution is 2.35. The fourth-order valence-electron chi connectivity index (χ4n) is 3.00. The van der Waals surface area contributed by atoms with Gasteiger partial charge in [-0.05, 0) is 86.0 Å². The minimum Gasteiger partial charge on any atom is -0.486 e. The van der Waals surface area contributed by atoms with E-state index in [1.165, 1.54) is 29.7 Å². The summed E-state index contributed by atoms with van der Waals surface area (Å²) >= 11 is 13.3. The van der Waals surface area contributed by atoms with E-state index in [1.54, 1.807) is 24.3 Å². The van der Waals surface area contributed by atoms with Gasteiger partial charge in [0.15, 0.2) is 5.75 Å². The van der Waals surface area contributed by atoms with Gasteiger partial charge in [-0.3, -0.25) is 14.9 Å². The molecule has 0 saturated carbocycles. The Morgan fingerprint density at radius 1 is 1.21 bits per heavy atom. The number of hydrogen-bond acceptors (Lipinski definition) is 6. The zero-order chi connectivity index (χ0) is 24.2. The lowest BCUT2D eigenvalue weighted by Crippen LogP contribution is -2.16. The maximum atomic E-state index is 12.4. The first-order valence-corrected chi connectivity index (χ1v) is 12.7. The van der Waals surface area contributed by atoms with E-state index in [9.17, 15) is 14.9 Å². The van der Waals surface area contributed by atoms with Crippen LogP contribution in [0.2, 0.25) is 5.02 Å². The zero-order valence-electron chi connectivity index (χ0n) is 17.1. The van der Waals surface area contributed by atoms with Gasteiger partial charge in [0.25, 0.3) is 11.6 Å². The van der Waals surface area contributed by atoms with E-state index in [1.807, 2.05) is 24.3 Å². The third kappa shape index (κ3) is 5.93. The Kier molecular flexibility index (Phi) is 7.81. The molecule has 0 aliphatic carbocycles. The van der Waals surface area contributed by atoms with E-state index in [4.69, 9.17) is 16.3 Å². The fourth-order valence-corrected chi connectivity index (χ4v) is 5.29. The molecule has 0 bridgehead atoms. The Morgan fingerprint density at radius 2 is 1.97 bits per heavy atom. The summed E-state index contributed by atoms with van der Waals surface area (Å²) in [5, 5.41) is 16.0. The molecule has 0 atom stereocenters. The predicted molar refractivity (Wildman–Crippen MR) is 146 cm³/mol. The number of hydrogen-bond donors (Lipinski definition) is 1. The molecular formula is C23H14BrClIN3O4S. The van der Waals surface area contributed by atoms with Crippen LogP contribution < -0.4 is 10.2 Å². The smallest absolute Gasteiger partial charge is 0.281 e. The van der Waals surface area contributed by atoms with Crippen LogP contribution in [0, 0.1) is 13.7 Å². The van der Waals surface area contributed by atoms with Gasteiger partial charge in [0.1, 0.15) is 6.61 Å². The number of carbonyl (C=O) groups excluding carboxylic acids is 1. The van der Waals surface area contributed by atoms with Crippen LogP contribution in [0.5, 0.6) is 5.75 Å². The van der Waals surface area contributed by atoms with Crippen molar-refractivity contribution >= 4 is 89.4 Å². The SMILES string of the molecule is O=C(N/N=C\c1cc(Cl)c(OCc2ccc(I)cc2)c(Br)c1)c1cc2cc([N+](=O)[O-])ccc2s1. The average Bonchev–Trinajstić information content (AvgIpc) is 3.23. The molecule has 34 heavy (non-hydrogen) atoms. The number of thiophene rings is 1. The second kappa shape index (κ2) is 10.8. The van der Waals surface area contributed by atoms with Gasteiger partial charge in [-0.1, -0.05) is 23.7 Å². The number of carbonyl (C=O) groups is 1. The number of benzene rings is 3. The van der Waals surface area contributed by atoms with Crippen LogP contribution in [0.4, 0.5) is 5.69 Å². The lowest BCUT2D eigenvalue weighted by Gasteiger charge is -2.11. The van der Waals surface area contributed by atoms with Crippen molar-refractivity contribution in [2.24, 2.45) is 5.10 Å². The number of nitrogens with zero attached hydrogens (tertiary/aromatic N) is 2. The van der Waals surface area contributed by atoms with Gasteiger partial charge in [-0.2, -0.15) is 5.10 Å². The Morgan fingerprint density at radius 3 is 2.68 bits per heavy atom. The van der Waals surface area contributed by atoms with Gasteiger partial charge < -0.3 is 4.74 Å². The Hall–Kier alpha value is -2.54. The minimum absolute atomic E-state index is 0.0243. The van der Waals surface area contributed by atoms with E-state index in [0.717, 1.165) is 13.8 Å². The lowest BCUT2D eigenvalue weighted by atomic mass is 10.2. The zero-order valence-corrected chi connectivity index (χ0v) is 22.4. The number of non-ortho nitro benzene ring substituents is 1. The quantitative estimate of drug-likeness (QED) is 0.0977. The van der Waals surface area contributed by atoms with Gasteiger partial charge in [-0.15, -0.1) is 11.3 Å². The van der Waals surface area contributed by atoms with Crippen molar-refractivity contribution < 1.29 is 14.5 Å². The highest BCUT2D eigenvalue weighted by Gasteiger charge is 2.13. The van der Waals surface area contributed by atoms with Crippen LogP contribution >= 0.6 is 61.5 Å². The molecule has 1 aromatic heterocycles. The Bertz CT molecular complexity index is 1400. The van der Waals surface area contributed by atoms with Crippen LogP contribution in [0.15, 0.2) is 70.2 Å². The molecule has 3 aromatic carbocycles. The number of fused-ring (bicyclic) bond motifs is 1. The third-order valence-corrected chi connectivity index (χ3v) is 7.34. The summed E-state index contributed by atoms with van der Waals surface area (Å²) in [4.78, 5) is 23.3. The molecule has 1 amide bonds. The van der Waals surface area contributed by atoms with Gasteiger partial charge in [0, 0.05) is 25.8 Å². The fraction of sp³-hybridized carbons (Fsp3) is 0.0435. The number of rotatable bonds is 7. The molecule has 0 aliphatic heterocycles. The van der Waals surface area contributed by atoms with Crippen molar-refractivity contribution in [3.8, 4) is 5.75 Å². The van der Waals surface area contributed by atoms with Crippen molar-refractivity contribution in [1.82, 2.24) is 5.43 Å². The number of nitro groups is 1. The van der Waals surface area contributed by atoms with Crippen LogP contribution in [0.1, 0.15) is 20.8 Å². The summed E-state index contributed by atoms with van der Waals surface area (Å²) < 4.78 is 8.44. The molecule has 1 N–H and O–H groups in total. The van der Waals surface area contributed by atoms with Crippen LogP contribution in [0.3, 0.4) is 0 Å². The highest BCUT2D eigenvalue weighted by molar-refractivity contribution is 14.1. The summed E-state index contributed by atoms with van der Waals surface area (Å²) in [5.41, 5.74) is 4.12. The second-order valence-corrected chi connectivity index (χ2v) is 10.6. The first kappa shape index (κ1) is 24.6. The predicted octanol–water partition coefficient (Wildman–Crippen LogP) is 7.17. The van der Waals surface area contributed by atoms with E-state index in [2.05, 4.69) is 49.0 Å². The van der Waals surface area contributed by atoms with Crippen molar-refractivity contribution in [3.05, 3.63) is 99.8 Å².